The second-order valence-corrected chi connectivity index (χ2v) is 6.03. The molecule has 0 fully saturated rings. The van der Waals surface area contributed by atoms with E-state index in [0.717, 1.165) is 22.7 Å². The summed E-state index contributed by atoms with van der Waals surface area (Å²) in [5.41, 5.74) is 1.91. The van der Waals surface area contributed by atoms with Gasteiger partial charge in [-0.25, -0.2) is 15.0 Å². The molecule has 0 saturated heterocycles. The number of hydrogen-bond acceptors (Lipinski definition) is 5. The minimum atomic E-state index is -0.204. The Balaban J connectivity index is 1.79. The van der Waals surface area contributed by atoms with Gasteiger partial charge in [0.05, 0.1) is 6.20 Å². The molecule has 1 aromatic carbocycles. The molecule has 116 valence electrons. The average Bonchev–Trinajstić information content (AvgIpc) is 3.05. The number of nitrogens with one attached hydrogen (secondary N) is 1. The number of nitrogens with zero attached hydrogens (tertiary/aromatic N) is 3. The molecule has 1 amide bonds. The van der Waals surface area contributed by atoms with Crippen LogP contribution in [0.2, 0.25) is 0 Å². The van der Waals surface area contributed by atoms with E-state index in [1.165, 1.54) is 11.3 Å². The van der Waals surface area contributed by atoms with Crippen LogP contribution >= 0.6 is 11.3 Å². The predicted molar refractivity (Wildman–Crippen MR) is 91.7 cm³/mol. The van der Waals surface area contributed by atoms with E-state index in [1.807, 2.05) is 44.2 Å². The molecule has 0 atom stereocenters. The van der Waals surface area contributed by atoms with Crippen LogP contribution in [0.3, 0.4) is 0 Å². The maximum atomic E-state index is 12.4. The van der Waals surface area contributed by atoms with Crippen LogP contribution in [0.1, 0.15) is 28.1 Å². The number of hydrogen-bond donors (Lipinski definition) is 1. The lowest BCUT2D eigenvalue weighted by Crippen LogP contribution is -2.12. The molecule has 0 radical (unpaired) electrons. The van der Waals surface area contributed by atoms with Crippen molar-refractivity contribution in [1.82, 2.24) is 15.0 Å². The van der Waals surface area contributed by atoms with Crippen LogP contribution in [0.15, 0.2) is 42.6 Å². The molecule has 23 heavy (non-hydrogen) atoms. The van der Waals surface area contributed by atoms with Crippen LogP contribution in [0.4, 0.5) is 5.82 Å². The van der Waals surface area contributed by atoms with Crippen molar-refractivity contribution < 1.29 is 4.79 Å². The number of aryl methyl sites for hydroxylation is 2. The normalized spacial score (nSPS) is 10.5. The molecule has 2 aromatic heterocycles. The molecule has 3 rings (SSSR count). The van der Waals surface area contributed by atoms with Crippen molar-refractivity contribution in [3.63, 3.8) is 0 Å². The number of amides is 1. The van der Waals surface area contributed by atoms with Crippen LogP contribution < -0.4 is 5.32 Å². The number of anilines is 1. The molecule has 0 saturated carbocycles. The van der Waals surface area contributed by atoms with Gasteiger partial charge in [0.15, 0.2) is 0 Å². The largest absolute Gasteiger partial charge is 0.306 e. The Morgan fingerprint density at radius 2 is 2.00 bits per heavy atom. The van der Waals surface area contributed by atoms with Gasteiger partial charge in [0.1, 0.15) is 21.5 Å². The zero-order valence-corrected chi connectivity index (χ0v) is 13.7. The molecular formula is C17H16N4OS. The van der Waals surface area contributed by atoms with Crippen molar-refractivity contribution >= 4 is 23.1 Å². The highest BCUT2D eigenvalue weighted by Gasteiger charge is 2.13. The number of rotatable bonds is 4. The number of carbonyl (C=O) groups excluding carboxylic acids is 1. The molecule has 3 aromatic rings. The molecule has 0 unspecified atom stereocenters. The SMILES string of the molecule is CCc1cc(NC(=O)c2cnc(-c3ccccc3)s2)nc(C)n1. The second-order valence-electron chi connectivity index (χ2n) is 5.00. The van der Waals surface area contributed by atoms with Crippen LogP contribution in [-0.2, 0) is 6.42 Å². The maximum Gasteiger partial charge on any atom is 0.268 e. The second kappa shape index (κ2) is 6.66. The molecule has 2 heterocycles. The van der Waals surface area contributed by atoms with Crippen LogP contribution in [-0.4, -0.2) is 20.9 Å². The lowest BCUT2D eigenvalue weighted by molar-refractivity contribution is 0.103. The van der Waals surface area contributed by atoms with Crippen molar-refractivity contribution in [2.45, 2.75) is 20.3 Å². The van der Waals surface area contributed by atoms with Gasteiger partial charge >= 0.3 is 0 Å². The van der Waals surface area contributed by atoms with Gasteiger partial charge in [0, 0.05) is 17.3 Å². The van der Waals surface area contributed by atoms with Gasteiger partial charge in [-0.2, -0.15) is 0 Å². The van der Waals surface area contributed by atoms with E-state index in [0.29, 0.717) is 16.5 Å². The fourth-order valence-corrected chi connectivity index (χ4v) is 2.96. The van der Waals surface area contributed by atoms with Crippen molar-refractivity contribution in [3.8, 4) is 10.6 Å². The van der Waals surface area contributed by atoms with E-state index in [-0.39, 0.29) is 5.91 Å². The molecule has 5 nitrogen and oxygen atoms in total. The summed E-state index contributed by atoms with van der Waals surface area (Å²) < 4.78 is 0. The summed E-state index contributed by atoms with van der Waals surface area (Å²) in [5.74, 6) is 0.966. The number of thiazole rings is 1. The minimum Gasteiger partial charge on any atom is -0.306 e. The van der Waals surface area contributed by atoms with Gasteiger partial charge in [0.25, 0.3) is 5.91 Å². The van der Waals surface area contributed by atoms with E-state index < -0.39 is 0 Å². The Bertz CT molecular complexity index is 830. The summed E-state index contributed by atoms with van der Waals surface area (Å²) in [6.45, 7) is 3.83. The van der Waals surface area contributed by atoms with E-state index in [4.69, 9.17) is 0 Å². The fourth-order valence-electron chi connectivity index (χ4n) is 2.15. The van der Waals surface area contributed by atoms with Crippen LogP contribution in [0.5, 0.6) is 0 Å². The Morgan fingerprint density at radius 3 is 2.74 bits per heavy atom. The summed E-state index contributed by atoms with van der Waals surface area (Å²) in [5, 5.41) is 3.64. The van der Waals surface area contributed by atoms with Crippen molar-refractivity contribution in [2.24, 2.45) is 0 Å². The first-order valence-electron chi connectivity index (χ1n) is 7.33. The highest BCUT2D eigenvalue weighted by Crippen LogP contribution is 2.25. The summed E-state index contributed by atoms with van der Waals surface area (Å²) in [7, 11) is 0. The topological polar surface area (TPSA) is 67.8 Å². The first-order valence-corrected chi connectivity index (χ1v) is 8.14. The number of aromatic nitrogens is 3. The molecule has 0 aliphatic carbocycles. The Labute approximate surface area is 138 Å². The highest BCUT2D eigenvalue weighted by molar-refractivity contribution is 7.17. The van der Waals surface area contributed by atoms with Crippen LogP contribution in [0.25, 0.3) is 10.6 Å². The van der Waals surface area contributed by atoms with Gasteiger partial charge in [-0.1, -0.05) is 37.3 Å². The Morgan fingerprint density at radius 1 is 1.22 bits per heavy atom. The van der Waals surface area contributed by atoms with Gasteiger partial charge in [0.2, 0.25) is 0 Å². The molecular weight excluding hydrogens is 308 g/mol. The van der Waals surface area contributed by atoms with Gasteiger partial charge < -0.3 is 5.32 Å². The van der Waals surface area contributed by atoms with E-state index in [2.05, 4.69) is 20.3 Å². The van der Waals surface area contributed by atoms with Crippen molar-refractivity contribution in [2.75, 3.05) is 5.32 Å². The first kappa shape index (κ1) is 15.3. The zero-order chi connectivity index (χ0) is 16.2. The third kappa shape index (κ3) is 3.60. The maximum absolute atomic E-state index is 12.4. The third-order valence-corrected chi connectivity index (χ3v) is 4.29. The third-order valence-electron chi connectivity index (χ3n) is 3.25. The zero-order valence-electron chi connectivity index (χ0n) is 12.9. The van der Waals surface area contributed by atoms with E-state index in [9.17, 15) is 4.79 Å². The van der Waals surface area contributed by atoms with Crippen molar-refractivity contribution in [3.05, 3.63) is 59.0 Å². The first-order chi connectivity index (χ1) is 11.2. The van der Waals surface area contributed by atoms with Gasteiger partial charge in [-0.05, 0) is 13.3 Å². The summed E-state index contributed by atoms with van der Waals surface area (Å²) in [6.07, 6.45) is 2.39. The standard InChI is InChI=1S/C17H16N4OS/c1-3-13-9-15(20-11(2)19-13)21-16(22)14-10-18-17(23-14)12-7-5-4-6-8-12/h4-10H,3H2,1-2H3,(H,19,20,21,22). The molecule has 0 bridgehead atoms. The average molecular weight is 324 g/mol. The Hall–Kier alpha value is -2.60. The lowest BCUT2D eigenvalue weighted by atomic mass is 10.2. The van der Waals surface area contributed by atoms with Gasteiger partial charge in [-0.3, -0.25) is 4.79 Å². The molecule has 6 heteroatoms. The number of carbonyl (C=O) groups is 1. The van der Waals surface area contributed by atoms with Crippen LogP contribution in [0, 0.1) is 6.92 Å². The molecule has 0 aliphatic heterocycles. The monoisotopic (exact) mass is 324 g/mol. The van der Waals surface area contributed by atoms with E-state index >= 15 is 0 Å². The number of benzene rings is 1. The van der Waals surface area contributed by atoms with Gasteiger partial charge in [-0.15, -0.1) is 11.3 Å². The molecule has 0 spiro atoms. The lowest BCUT2D eigenvalue weighted by Gasteiger charge is -2.05. The van der Waals surface area contributed by atoms with E-state index in [1.54, 1.807) is 12.3 Å². The molecule has 0 aliphatic rings. The predicted octanol–water partition coefficient (Wildman–Crippen LogP) is 3.72. The summed E-state index contributed by atoms with van der Waals surface area (Å²) in [6, 6.07) is 11.6. The quantitative estimate of drug-likeness (QED) is 0.794. The smallest absolute Gasteiger partial charge is 0.268 e. The fraction of sp³-hybridized carbons (Fsp3) is 0.176. The Kier molecular flexibility index (Phi) is 4.43. The van der Waals surface area contributed by atoms with Crippen molar-refractivity contribution in [1.29, 1.82) is 0 Å². The summed E-state index contributed by atoms with van der Waals surface area (Å²) >= 11 is 1.36. The summed E-state index contributed by atoms with van der Waals surface area (Å²) in [4.78, 5) is 25.8. The highest BCUT2D eigenvalue weighted by atomic mass is 32.1. The molecule has 1 N–H and O–H groups in total. The minimum absolute atomic E-state index is 0.204.